The zero-order valence-electron chi connectivity index (χ0n) is 11.5. The van der Waals surface area contributed by atoms with Gasteiger partial charge in [-0.25, -0.2) is 9.59 Å². The van der Waals surface area contributed by atoms with Crippen molar-refractivity contribution in [2.24, 2.45) is 5.73 Å². The van der Waals surface area contributed by atoms with Crippen LogP contribution in [0.3, 0.4) is 0 Å². The summed E-state index contributed by atoms with van der Waals surface area (Å²) in [6.07, 6.45) is -0.925. The van der Waals surface area contributed by atoms with Gasteiger partial charge in [0, 0.05) is 17.5 Å². The Hall–Kier alpha value is -2.83. The molecule has 0 aliphatic heterocycles. The maximum atomic E-state index is 11.5. The summed E-state index contributed by atoms with van der Waals surface area (Å²) in [5, 5.41) is 2.69. The van der Waals surface area contributed by atoms with Crippen molar-refractivity contribution in [3.8, 4) is 5.75 Å². The SMILES string of the molecule is Cc1cc(=O)oc2cc(O[C@H](C)C(=O)NC(N)=O)ccc12. The summed E-state index contributed by atoms with van der Waals surface area (Å²) in [6, 6.07) is 5.32. The normalized spacial score (nSPS) is 11.9. The van der Waals surface area contributed by atoms with Crippen LogP contribution in [-0.4, -0.2) is 18.0 Å². The number of ether oxygens (including phenoxy) is 1. The predicted octanol–water partition coefficient (Wildman–Crippen LogP) is 1.06. The number of hydrogen-bond acceptors (Lipinski definition) is 5. The highest BCUT2D eigenvalue weighted by molar-refractivity contribution is 5.95. The molecule has 7 nitrogen and oxygen atoms in total. The maximum absolute atomic E-state index is 11.5. The van der Waals surface area contributed by atoms with Crippen LogP contribution >= 0.6 is 0 Å². The number of urea groups is 1. The fourth-order valence-corrected chi connectivity index (χ4v) is 1.86. The maximum Gasteiger partial charge on any atom is 0.336 e. The van der Waals surface area contributed by atoms with E-state index in [4.69, 9.17) is 14.9 Å². The fourth-order valence-electron chi connectivity index (χ4n) is 1.86. The monoisotopic (exact) mass is 290 g/mol. The van der Waals surface area contributed by atoms with E-state index >= 15 is 0 Å². The molecule has 0 unspecified atom stereocenters. The van der Waals surface area contributed by atoms with Gasteiger partial charge >= 0.3 is 11.7 Å². The van der Waals surface area contributed by atoms with Crippen LogP contribution in [0.2, 0.25) is 0 Å². The first-order valence-electron chi connectivity index (χ1n) is 6.18. The van der Waals surface area contributed by atoms with Crippen LogP contribution in [0.4, 0.5) is 4.79 Å². The molecule has 21 heavy (non-hydrogen) atoms. The third kappa shape index (κ3) is 3.38. The smallest absolute Gasteiger partial charge is 0.336 e. The van der Waals surface area contributed by atoms with Gasteiger partial charge in [0.1, 0.15) is 11.3 Å². The quantitative estimate of drug-likeness (QED) is 0.821. The molecule has 2 rings (SSSR count). The molecule has 1 heterocycles. The van der Waals surface area contributed by atoms with Crippen LogP contribution in [0, 0.1) is 6.92 Å². The minimum Gasteiger partial charge on any atom is -0.481 e. The number of amides is 3. The zero-order chi connectivity index (χ0) is 15.6. The Labute approximate surface area is 119 Å². The molecule has 1 aromatic carbocycles. The molecule has 110 valence electrons. The molecule has 0 aliphatic carbocycles. The standard InChI is InChI=1S/C14H14N2O5/c1-7-5-12(17)21-11-6-9(3-4-10(7)11)20-8(2)13(18)16-14(15)19/h3-6,8H,1-2H3,(H3,15,16,18,19)/t8-/m1/s1. The number of hydrogen-bond donors (Lipinski definition) is 2. The van der Waals surface area contributed by atoms with E-state index in [2.05, 4.69) is 0 Å². The number of nitrogens with one attached hydrogen (secondary N) is 1. The number of imide groups is 1. The van der Waals surface area contributed by atoms with E-state index in [-0.39, 0.29) is 0 Å². The second-order valence-corrected chi connectivity index (χ2v) is 4.52. The number of carbonyl (C=O) groups excluding carboxylic acids is 2. The summed E-state index contributed by atoms with van der Waals surface area (Å²) in [5.41, 5.74) is 5.54. The Morgan fingerprint density at radius 2 is 2.05 bits per heavy atom. The predicted molar refractivity (Wildman–Crippen MR) is 75.0 cm³/mol. The first-order valence-corrected chi connectivity index (χ1v) is 6.18. The van der Waals surface area contributed by atoms with Gasteiger partial charge in [-0.05, 0) is 31.5 Å². The van der Waals surface area contributed by atoms with Crippen LogP contribution in [0.1, 0.15) is 12.5 Å². The molecule has 0 aliphatic rings. The van der Waals surface area contributed by atoms with E-state index in [1.807, 2.05) is 5.32 Å². The first kappa shape index (κ1) is 14.6. The molecule has 1 atom stereocenters. The van der Waals surface area contributed by atoms with Gasteiger partial charge in [-0.15, -0.1) is 0 Å². The Morgan fingerprint density at radius 3 is 2.71 bits per heavy atom. The molecule has 2 aromatic rings. The lowest BCUT2D eigenvalue weighted by molar-refractivity contribution is -0.126. The second kappa shape index (κ2) is 5.66. The molecule has 3 N–H and O–H groups in total. The Kier molecular flexibility index (Phi) is 3.93. The number of aryl methyl sites for hydroxylation is 1. The Morgan fingerprint density at radius 1 is 1.33 bits per heavy atom. The summed E-state index contributed by atoms with van der Waals surface area (Å²) < 4.78 is 10.5. The number of fused-ring (bicyclic) bond motifs is 1. The summed E-state index contributed by atoms with van der Waals surface area (Å²) in [5.74, 6) is -0.323. The van der Waals surface area contributed by atoms with Crippen molar-refractivity contribution in [1.82, 2.24) is 5.32 Å². The zero-order valence-corrected chi connectivity index (χ0v) is 11.5. The van der Waals surface area contributed by atoms with E-state index in [1.54, 1.807) is 19.1 Å². The molecule has 0 spiro atoms. The molecule has 0 saturated carbocycles. The van der Waals surface area contributed by atoms with Gasteiger partial charge < -0.3 is 14.9 Å². The van der Waals surface area contributed by atoms with E-state index in [0.29, 0.717) is 11.3 Å². The van der Waals surface area contributed by atoms with Crippen molar-refractivity contribution in [2.45, 2.75) is 20.0 Å². The van der Waals surface area contributed by atoms with E-state index in [1.165, 1.54) is 19.1 Å². The summed E-state index contributed by atoms with van der Waals surface area (Å²) in [6.45, 7) is 3.26. The van der Waals surface area contributed by atoms with Crippen LogP contribution < -0.4 is 21.4 Å². The van der Waals surface area contributed by atoms with Gasteiger partial charge in [0.25, 0.3) is 5.91 Å². The average molecular weight is 290 g/mol. The van der Waals surface area contributed by atoms with Gasteiger partial charge in [-0.1, -0.05) is 0 Å². The van der Waals surface area contributed by atoms with Gasteiger partial charge in [-0.2, -0.15) is 0 Å². The summed E-state index contributed by atoms with van der Waals surface area (Å²) in [4.78, 5) is 33.5. The molecule has 3 amide bonds. The van der Waals surface area contributed by atoms with Crippen molar-refractivity contribution in [1.29, 1.82) is 0 Å². The average Bonchev–Trinajstić information content (AvgIpc) is 2.37. The molecular formula is C14H14N2O5. The number of nitrogens with two attached hydrogens (primary N) is 1. The number of primary amides is 1. The first-order chi connectivity index (χ1) is 9.86. The molecule has 0 fully saturated rings. The van der Waals surface area contributed by atoms with Crippen LogP contribution in [0.15, 0.2) is 33.5 Å². The molecule has 7 heteroatoms. The molecular weight excluding hydrogens is 276 g/mol. The van der Waals surface area contributed by atoms with Gasteiger partial charge in [0.05, 0.1) is 0 Å². The minimum atomic E-state index is -0.949. The van der Waals surface area contributed by atoms with Gasteiger partial charge in [-0.3, -0.25) is 10.1 Å². The van der Waals surface area contributed by atoms with Crippen molar-refractivity contribution in [2.75, 3.05) is 0 Å². The minimum absolute atomic E-state index is 0.336. The van der Waals surface area contributed by atoms with Gasteiger partial charge in [0.2, 0.25) is 0 Å². The van der Waals surface area contributed by atoms with Gasteiger partial charge in [0.15, 0.2) is 6.10 Å². The molecule has 0 radical (unpaired) electrons. The number of rotatable bonds is 3. The van der Waals surface area contributed by atoms with Crippen LogP contribution in [0.25, 0.3) is 11.0 Å². The van der Waals surface area contributed by atoms with Crippen molar-refractivity contribution in [3.63, 3.8) is 0 Å². The van der Waals surface area contributed by atoms with Crippen molar-refractivity contribution < 1.29 is 18.7 Å². The lowest BCUT2D eigenvalue weighted by Crippen LogP contribution is -2.42. The van der Waals surface area contributed by atoms with Crippen molar-refractivity contribution in [3.05, 3.63) is 40.2 Å². The summed E-state index contributed by atoms with van der Waals surface area (Å²) in [7, 11) is 0. The largest absolute Gasteiger partial charge is 0.481 e. The second-order valence-electron chi connectivity index (χ2n) is 4.52. The Bertz CT molecular complexity index is 766. The third-order valence-electron chi connectivity index (χ3n) is 2.85. The van der Waals surface area contributed by atoms with Crippen molar-refractivity contribution >= 4 is 22.9 Å². The highest BCUT2D eigenvalue weighted by atomic mass is 16.5. The third-order valence-corrected chi connectivity index (χ3v) is 2.85. The van der Waals surface area contributed by atoms with E-state index in [9.17, 15) is 14.4 Å². The molecule has 1 aromatic heterocycles. The highest BCUT2D eigenvalue weighted by Crippen LogP contribution is 2.22. The Balaban J connectivity index is 2.25. The van der Waals surface area contributed by atoms with E-state index < -0.39 is 23.7 Å². The lowest BCUT2D eigenvalue weighted by Gasteiger charge is -2.13. The van der Waals surface area contributed by atoms with Crippen LogP contribution in [0.5, 0.6) is 5.75 Å². The topological polar surface area (TPSA) is 112 Å². The molecule has 0 saturated heterocycles. The number of carbonyl (C=O) groups is 2. The van der Waals surface area contributed by atoms with Crippen LogP contribution in [-0.2, 0) is 4.79 Å². The lowest BCUT2D eigenvalue weighted by atomic mass is 10.1. The number of benzene rings is 1. The summed E-state index contributed by atoms with van der Waals surface area (Å²) >= 11 is 0. The van der Waals surface area contributed by atoms with E-state index in [0.717, 1.165) is 10.9 Å². The fraction of sp³-hybridized carbons (Fsp3) is 0.214. The molecule has 0 bridgehead atoms. The highest BCUT2D eigenvalue weighted by Gasteiger charge is 2.16.